The van der Waals surface area contributed by atoms with Gasteiger partial charge in [-0.3, -0.25) is 0 Å². The number of rotatable bonds is 1. The molecule has 2 aliphatic rings. The van der Waals surface area contributed by atoms with E-state index in [1.54, 1.807) is 0 Å². The first-order chi connectivity index (χ1) is 8.58. The van der Waals surface area contributed by atoms with Gasteiger partial charge in [0.15, 0.2) is 0 Å². The summed E-state index contributed by atoms with van der Waals surface area (Å²) < 4.78 is 0. The van der Waals surface area contributed by atoms with Gasteiger partial charge in [0, 0.05) is 0 Å². The Balaban J connectivity index is 2.00. The van der Waals surface area contributed by atoms with Gasteiger partial charge in [0.25, 0.3) is 0 Å². The topological polar surface area (TPSA) is 20.2 Å². The van der Waals surface area contributed by atoms with E-state index in [4.69, 9.17) is 0 Å². The highest BCUT2D eigenvalue weighted by atomic mass is 16.3. The maximum atomic E-state index is 10.3. The van der Waals surface area contributed by atoms with Crippen molar-refractivity contribution in [2.75, 3.05) is 0 Å². The Hall–Kier alpha value is -0.980. The number of fused-ring (bicyclic) bond motifs is 1. The summed E-state index contributed by atoms with van der Waals surface area (Å²) in [4.78, 5) is 0. The van der Waals surface area contributed by atoms with E-state index in [1.165, 1.54) is 55.2 Å². The van der Waals surface area contributed by atoms with Gasteiger partial charge in [-0.2, -0.15) is 0 Å². The average molecular weight is 244 g/mol. The average Bonchev–Trinajstić information content (AvgIpc) is 2.67. The minimum absolute atomic E-state index is 0.248. The molecule has 0 amide bonds. The molecule has 0 bridgehead atoms. The zero-order valence-corrected chi connectivity index (χ0v) is 11.6. The van der Waals surface area contributed by atoms with Crippen LogP contribution in [0, 0.1) is 0 Å². The minimum atomic E-state index is 0.248. The molecule has 98 valence electrons. The summed E-state index contributed by atoms with van der Waals surface area (Å²) in [5.41, 5.74) is 4.25. The number of hydrogen-bond acceptors (Lipinski definition) is 1. The Labute approximate surface area is 110 Å². The fourth-order valence-corrected chi connectivity index (χ4v) is 3.79. The fourth-order valence-electron chi connectivity index (χ4n) is 3.79. The first-order valence-corrected chi connectivity index (χ1v) is 7.44. The lowest BCUT2D eigenvalue weighted by molar-refractivity contribution is 0.436. The van der Waals surface area contributed by atoms with Crippen LogP contribution < -0.4 is 0 Å². The molecule has 1 nitrogen and oxygen atoms in total. The maximum absolute atomic E-state index is 10.3. The highest BCUT2D eigenvalue weighted by molar-refractivity contribution is 5.50. The van der Waals surface area contributed by atoms with Crippen molar-refractivity contribution in [3.8, 4) is 5.75 Å². The number of phenolic OH excluding ortho intramolecular Hbond substituents is 1. The quantitative estimate of drug-likeness (QED) is 0.761. The van der Waals surface area contributed by atoms with E-state index < -0.39 is 0 Å². The molecule has 3 rings (SSSR count). The number of benzene rings is 1. The molecule has 0 spiro atoms. The lowest BCUT2D eigenvalue weighted by Gasteiger charge is -2.25. The van der Waals surface area contributed by atoms with Crippen molar-refractivity contribution in [3.05, 3.63) is 28.8 Å². The standard InChI is InChI=1S/C17H24O/c1-17(2)9-8-14-15(17)10-13(11-16(14)18)12-6-4-3-5-7-12/h10-12,18H,3-9H2,1-2H3. The molecule has 0 radical (unpaired) electrons. The van der Waals surface area contributed by atoms with Crippen molar-refractivity contribution in [3.63, 3.8) is 0 Å². The predicted octanol–water partition coefficient (Wildman–Crippen LogP) is 4.66. The number of phenols is 1. The summed E-state index contributed by atoms with van der Waals surface area (Å²) >= 11 is 0. The van der Waals surface area contributed by atoms with Gasteiger partial charge in [0.1, 0.15) is 5.75 Å². The molecule has 1 N–H and O–H groups in total. The van der Waals surface area contributed by atoms with Gasteiger partial charge < -0.3 is 5.11 Å². The summed E-state index contributed by atoms with van der Waals surface area (Å²) in [5.74, 6) is 1.24. The Morgan fingerprint density at radius 1 is 1.11 bits per heavy atom. The van der Waals surface area contributed by atoms with Crippen molar-refractivity contribution in [2.24, 2.45) is 0 Å². The van der Waals surface area contributed by atoms with Crippen LogP contribution in [0.15, 0.2) is 12.1 Å². The third-order valence-electron chi connectivity index (χ3n) is 5.05. The zero-order valence-electron chi connectivity index (χ0n) is 11.6. The normalized spacial score (nSPS) is 23.0. The summed E-state index contributed by atoms with van der Waals surface area (Å²) in [5, 5.41) is 10.3. The van der Waals surface area contributed by atoms with Crippen LogP contribution >= 0.6 is 0 Å². The van der Waals surface area contributed by atoms with Crippen molar-refractivity contribution >= 4 is 0 Å². The first kappa shape index (κ1) is 12.1. The molecule has 0 unspecified atom stereocenters. The van der Waals surface area contributed by atoms with E-state index in [2.05, 4.69) is 26.0 Å². The number of aromatic hydroxyl groups is 1. The van der Waals surface area contributed by atoms with Crippen LogP contribution in [0.2, 0.25) is 0 Å². The van der Waals surface area contributed by atoms with E-state index in [1.807, 2.05) is 0 Å². The van der Waals surface area contributed by atoms with Crippen LogP contribution in [0.25, 0.3) is 0 Å². The van der Waals surface area contributed by atoms with Crippen LogP contribution in [0.5, 0.6) is 5.75 Å². The Morgan fingerprint density at radius 2 is 1.83 bits per heavy atom. The molecule has 0 aliphatic heterocycles. The van der Waals surface area contributed by atoms with Crippen LogP contribution in [0.4, 0.5) is 0 Å². The van der Waals surface area contributed by atoms with Crippen molar-refractivity contribution < 1.29 is 5.11 Å². The van der Waals surface area contributed by atoms with E-state index >= 15 is 0 Å². The van der Waals surface area contributed by atoms with Gasteiger partial charge in [0.05, 0.1) is 0 Å². The largest absolute Gasteiger partial charge is 0.508 e. The van der Waals surface area contributed by atoms with Crippen LogP contribution in [-0.4, -0.2) is 5.11 Å². The zero-order chi connectivity index (χ0) is 12.8. The molecule has 1 aromatic carbocycles. The van der Waals surface area contributed by atoms with Gasteiger partial charge in [-0.25, -0.2) is 0 Å². The van der Waals surface area contributed by atoms with Crippen molar-refractivity contribution in [2.45, 2.75) is 70.1 Å². The lowest BCUT2D eigenvalue weighted by atomic mass is 9.80. The number of hydrogen-bond donors (Lipinski definition) is 1. The molecule has 0 atom stereocenters. The summed E-state index contributed by atoms with van der Waals surface area (Å²) in [6.07, 6.45) is 8.91. The molecule has 1 aromatic rings. The van der Waals surface area contributed by atoms with Gasteiger partial charge in [0.2, 0.25) is 0 Å². The molecular weight excluding hydrogens is 220 g/mol. The maximum Gasteiger partial charge on any atom is 0.119 e. The van der Waals surface area contributed by atoms with Gasteiger partial charge in [-0.05, 0) is 59.8 Å². The molecule has 2 aliphatic carbocycles. The molecule has 18 heavy (non-hydrogen) atoms. The van der Waals surface area contributed by atoms with E-state index in [0.29, 0.717) is 11.7 Å². The highest BCUT2D eigenvalue weighted by Gasteiger charge is 2.32. The van der Waals surface area contributed by atoms with E-state index in [9.17, 15) is 5.11 Å². The van der Waals surface area contributed by atoms with Crippen molar-refractivity contribution in [1.29, 1.82) is 0 Å². The third-order valence-corrected chi connectivity index (χ3v) is 5.05. The molecule has 1 fully saturated rings. The molecule has 1 heteroatoms. The van der Waals surface area contributed by atoms with Crippen LogP contribution in [0.3, 0.4) is 0 Å². The van der Waals surface area contributed by atoms with E-state index in [-0.39, 0.29) is 5.41 Å². The smallest absolute Gasteiger partial charge is 0.119 e. The lowest BCUT2D eigenvalue weighted by Crippen LogP contribution is -2.13. The highest BCUT2D eigenvalue weighted by Crippen LogP contribution is 2.45. The van der Waals surface area contributed by atoms with Crippen LogP contribution in [0.1, 0.15) is 75.0 Å². The fraction of sp³-hybridized carbons (Fsp3) is 0.647. The third kappa shape index (κ3) is 1.94. The Kier molecular flexibility index (Phi) is 2.88. The molecular formula is C17H24O. The SMILES string of the molecule is CC1(C)CCc2c(O)cc(C3CCCCC3)cc21. The second-order valence-corrected chi connectivity index (χ2v) is 6.78. The molecule has 1 saturated carbocycles. The Morgan fingerprint density at radius 3 is 2.56 bits per heavy atom. The molecule has 0 heterocycles. The summed E-state index contributed by atoms with van der Waals surface area (Å²) in [7, 11) is 0. The van der Waals surface area contributed by atoms with E-state index in [0.717, 1.165) is 6.42 Å². The van der Waals surface area contributed by atoms with Gasteiger partial charge in [-0.15, -0.1) is 0 Å². The summed E-state index contributed by atoms with van der Waals surface area (Å²) in [6.45, 7) is 4.62. The second kappa shape index (κ2) is 4.29. The predicted molar refractivity (Wildman–Crippen MR) is 75.3 cm³/mol. The molecule has 0 saturated heterocycles. The first-order valence-electron chi connectivity index (χ1n) is 7.44. The minimum Gasteiger partial charge on any atom is -0.508 e. The van der Waals surface area contributed by atoms with Gasteiger partial charge in [-0.1, -0.05) is 39.2 Å². The van der Waals surface area contributed by atoms with Gasteiger partial charge >= 0.3 is 0 Å². The van der Waals surface area contributed by atoms with Crippen LogP contribution in [-0.2, 0) is 11.8 Å². The summed E-state index contributed by atoms with van der Waals surface area (Å²) in [6, 6.07) is 4.45. The molecule has 0 aromatic heterocycles. The van der Waals surface area contributed by atoms with Crippen molar-refractivity contribution in [1.82, 2.24) is 0 Å². The Bertz CT molecular complexity index is 453. The second-order valence-electron chi connectivity index (χ2n) is 6.78. The monoisotopic (exact) mass is 244 g/mol.